The van der Waals surface area contributed by atoms with E-state index in [9.17, 15) is 0 Å². The van der Waals surface area contributed by atoms with Crippen molar-refractivity contribution in [3.8, 4) is 46.0 Å². The van der Waals surface area contributed by atoms with Gasteiger partial charge in [-0.05, 0) is 36.4 Å². The highest BCUT2D eigenvalue weighted by atomic mass is 16.5. The average molecular weight is 428 g/mol. The highest BCUT2D eigenvalue weighted by Crippen LogP contribution is 2.42. The fraction of sp³-hybridized carbons (Fsp3) is 0. The predicted molar refractivity (Wildman–Crippen MR) is 124 cm³/mol. The van der Waals surface area contributed by atoms with Crippen LogP contribution in [-0.2, 0) is 0 Å². The van der Waals surface area contributed by atoms with Crippen molar-refractivity contribution in [1.82, 2.24) is 0 Å². The molecule has 0 spiro atoms. The van der Waals surface area contributed by atoms with Crippen LogP contribution >= 0.6 is 0 Å². The fourth-order valence-corrected chi connectivity index (χ4v) is 3.25. The van der Waals surface area contributed by atoms with E-state index in [1.165, 1.54) is 0 Å². The van der Waals surface area contributed by atoms with E-state index >= 15 is 0 Å². The van der Waals surface area contributed by atoms with E-state index in [0.717, 1.165) is 0 Å². The van der Waals surface area contributed by atoms with Gasteiger partial charge < -0.3 is 41.9 Å². The number of hydrogen-bond donors (Lipinski definition) is 4. The molecule has 1 aliphatic heterocycles. The van der Waals surface area contributed by atoms with E-state index in [1.807, 2.05) is 0 Å². The molecule has 1 heterocycles. The molecule has 8 nitrogen and oxygen atoms in total. The summed E-state index contributed by atoms with van der Waals surface area (Å²) in [6.07, 6.45) is 0. The number of nitrogen functional groups attached to an aromatic ring is 4. The summed E-state index contributed by atoms with van der Waals surface area (Å²) >= 11 is 0. The van der Waals surface area contributed by atoms with Gasteiger partial charge in [-0.25, -0.2) is 0 Å². The first-order valence-electron chi connectivity index (χ1n) is 9.74. The Morgan fingerprint density at radius 2 is 0.656 bits per heavy atom. The van der Waals surface area contributed by atoms with E-state index < -0.39 is 0 Å². The van der Waals surface area contributed by atoms with Gasteiger partial charge in [0.1, 0.15) is 23.0 Å². The summed E-state index contributed by atoms with van der Waals surface area (Å²) in [7, 11) is 0. The molecule has 0 amide bonds. The van der Waals surface area contributed by atoms with Crippen LogP contribution in [0.2, 0.25) is 0 Å². The van der Waals surface area contributed by atoms with Gasteiger partial charge in [0, 0.05) is 24.3 Å². The van der Waals surface area contributed by atoms with Gasteiger partial charge in [0.05, 0.1) is 22.7 Å². The van der Waals surface area contributed by atoms with Crippen LogP contribution < -0.4 is 41.9 Å². The smallest absolute Gasteiger partial charge is 0.154 e. The number of hydrogen-bond acceptors (Lipinski definition) is 8. The average Bonchev–Trinajstić information content (AvgIpc) is 2.75. The van der Waals surface area contributed by atoms with Crippen molar-refractivity contribution in [2.24, 2.45) is 0 Å². The van der Waals surface area contributed by atoms with Crippen LogP contribution in [0.15, 0.2) is 72.8 Å². The molecular weight excluding hydrogens is 408 g/mol. The van der Waals surface area contributed by atoms with Crippen LogP contribution in [0.5, 0.6) is 46.0 Å². The second-order valence-corrected chi connectivity index (χ2v) is 7.21. The van der Waals surface area contributed by atoms with Gasteiger partial charge >= 0.3 is 0 Å². The van der Waals surface area contributed by atoms with Gasteiger partial charge in [-0.15, -0.1) is 0 Å². The molecule has 5 rings (SSSR count). The Labute approximate surface area is 183 Å². The third kappa shape index (κ3) is 3.72. The van der Waals surface area contributed by atoms with Gasteiger partial charge in [0.25, 0.3) is 0 Å². The molecule has 0 aliphatic carbocycles. The zero-order valence-corrected chi connectivity index (χ0v) is 16.9. The predicted octanol–water partition coefficient (Wildman–Crippen LogP) is 5.50. The first kappa shape index (κ1) is 19.3. The van der Waals surface area contributed by atoms with Crippen molar-refractivity contribution in [2.75, 3.05) is 22.9 Å². The van der Waals surface area contributed by atoms with Crippen molar-refractivity contribution in [3.63, 3.8) is 0 Å². The molecule has 160 valence electrons. The highest BCUT2D eigenvalue weighted by molar-refractivity contribution is 5.70. The van der Waals surface area contributed by atoms with E-state index in [2.05, 4.69) is 0 Å². The molecule has 0 saturated carbocycles. The normalized spacial score (nSPS) is 12.0. The Balaban J connectivity index is 1.67. The lowest BCUT2D eigenvalue weighted by molar-refractivity contribution is 0.442. The molecule has 8 N–H and O–H groups in total. The van der Waals surface area contributed by atoms with Crippen molar-refractivity contribution in [1.29, 1.82) is 0 Å². The molecule has 32 heavy (non-hydrogen) atoms. The molecule has 0 aromatic heterocycles. The number of fused-ring (bicyclic) bond motifs is 8. The first-order chi connectivity index (χ1) is 15.4. The van der Waals surface area contributed by atoms with Gasteiger partial charge in [-0.2, -0.15) is 0 Å². The molecular formula is C24H20N4O4. The number of nitrogens with two attached hydrogens (primary N) is 4. The third-order valence-electron chi connectivity index (χ3n) is 4.81. The summed E-state index contributed by atoms with van der Waals surface area (Å²) in [6.45, 7) is 0. The van der Waals surface area contributed by atoms with Gasteiger partial charge in [-0.3, -0.25) is 0 Å². The summed E-state index contributed by atoms with van der Waals surface area (Å²) in [5, 5.41) is 0. The lowest BCUT2D eigenvalue weighted by atomic mass is 10.2. The number of ether oxygens (including phenoxy) is 4. The van der Waals surface area contributed by atoms with Gasteiger partial charge in [-0.1, -0.05) is 12.1 Å². The summed E-state index contributed by atoms with van der Waals surface area (Å²) in [5.74, 6) is 3.57. The third-order valence-corrected chi connectivity index (χ3v) is 4.81. The van der Waals surface area contributed by atoms with Gasteiger partial charge in [0.15, 0.2) is 23.0 Å². The summed E-state index contributed by atoms with van der Waals surface area (Å²) in [5.41, 5.74) is 25.9. The second-order valence-electron chi connectivity index (χ2n) is 7.21. The molecule has 1 aliphatic rings. The zero-order valence-electron chi connectivity index (χ0n) is 16.9. The Kier molecular flexibility index (Phi) is 4.52. The van der Waals surface area contributed by atoms with Crippen LogP contribution in [-0.4, -0.2) is 0 Å². The SMILES string of the molecule is Nc1cc(N)c2cc1Oc1cccc(c1)Oc1cc(c(N)cc1N)Oc1cccc(c1)O2. The molecule has 4 aromatic rings. The molecule has 0 saturated heterocycles. The Morgan fingerprint density at radius 3 is 0.938 bits per heavy atom. The lowest BCUT2D eigenvalue weighted by Crippen LogP contribution is -2.00. The topological polar surface area (TPSA) is 141 Å². The minimum Gasteiger partial charge on any atom is -0.455 e. The number of rotatable bonds is 0. The van der Waals surface area contributed by atoms with E-state index in [1.54, 1.807) is 72.8 Å². The minimum atomic E-state index is 0.367. The monoisotopic (exact) mass is 428 g/mol. The second kappa shape index (κ2) is 7.51. The maximum absolute atomic E-state index is 6.12. The molecule has 4 aromatic carbocycles. The van der Waals surface area contributed by atoms with Crippen LogP contribution in [0.25, 0.3) is 0 Å². The van der Waals surface area contributed by atoms with E-state index in [0.29, 0.717) is 68.7 Å². The largest absolute Gasteiger partial charge is 0.455 e. The lowest BCUT2D eigenvalue weighted by Gasteiger charge is -2.17. The highest BCUT2D eigenvalue weighted by Gasteiger charge is 2.14. The molecule has 8 bridgehead atoms. The van der Waals surface area contributed by atoms with Crippen molar-refractivity contribution < 1.29 is 18.9 Å². The first-order valence-corrected chi connectivity index (χ1v) is 9.74. The quantitative estimate of drug-likeness (QED) is 0.237. The molecule has 0 atom stereocenters. The number of benzene rings is 4. The Morgan fingerprint density at radius 1 is 0.375 bits per heavy atom. The van der Waals surface area contributed by atoms with E-state index in [4.69, 9.17) is 41.9 Å². The Hall–Kier alpha value is -4.72. The number of anilines is 4. The van der Waals surface area contributed by atoms with Crippen molar-refractivity contribution >= 4 is 22.7 Å². The van der Waals surface area contributed by atoms with Crippen molar-refractivity contribution in [3.05, 3.63) is 72.8 Å². The van der Waals surface area contributed by atoms with Crippen LogP contribution in [0.3, 0.4) is 0 Å². The molecule has 0 unspecified atom stereocenters. The fourth-order valence-electron chi connectivity index (χ4n) is 3.25. The van der Waals surface area contributed by atoms with Crippen LogP contribution in [0.4, 0.5) is 22.7 Å². The summed E-state index contributed by atoms with van der Waals surface area (Å²) < 4.78 is 24.0. The van der Waals surface area contributed by atoms with Gasteiger partial charge in [0.2, 0.25) is 0 Å². The summed E-state index contributed by atoms with van der Waals surface area (Å²) in [6, 6.07) is 20.5. The molecule has 8 heteroatoms. The Bertz CT molecular complexity index is 1150. The molecule has 0 fully saturated rings. The summed E-state index contributed by atoms with van der Waals surface area (Å²) in [4.78, 5) is 0. The molecule has 0 radical (unpaired) electrons. The van der Waals surface area contributed by atoms with E-state index in [-0.39, 0.29) is 0 Å². The maximum Gasteiger partial charge on any atom is 0.154 e. The standard InChI is InChI=1S/C24H20N4O4/c25-17-9-19(27)23-11-21(17)29-13-3-1-4-14(7-13)30-22-12-24(20(28)10-18(22)26)32-16-6-2-5-15(8-16)31-23/h1-12H,25-28H2. The maximum atomic E-state index is 6.12. The van der Waals surface area contributed by atoms with Crippen LogP contribution in [0, 0.1) is 0 Å². The minimum absolute atomic E-state index is 0.367. The van der Waals surface area contributed by atoms with Crippen molar-refractivity contribution in [2.45, 2.75) is 0 Å². The zero-order chi connectivity index (χ0) is 22.2. The van der Waals surface area contributed by atoms with Crippen LogP contribution in [0.1, 0.15) is 0 Å².